The molecule has 1 aromatic carbocycles. The zero-order valence-electron chi connectivity index (χ0n) is 11.6. The van der Waals surface area contributed by atoms with Gasteiger partial charge in [0.1, 0.15) is 0 Å². The van der Waals surface area contributed by atoms with Crippen molar-refractivity contribution >= 4 is 22.5 Å². The van der Waals surface area contributed by atoms with Crippen LogP contribution in [0.1, 0.15) is 12.6 Å². The minimum absolute atomic E-state index is 0.0843. The fraction of sp³-hybridized carbons (Fsp3) is 0.333. The number of nitrogens with zero attached hydrogens (tertiary/aromatic N) is 2. The van der Waals surface area contributed by atoms with Crippen LogP contribution in [-0.4, -0.2) is 35.9 Å². The Labute approximate surface area is 113 Å². The van der Waals surface area contributed by atoms with E-state index in [1.807, 2.05) is 44.2 Å². The molecular weight excluding hydrogens is 238 g/mol. The molecular formula is C15H19N3O. The van der Waals surface area contributed by atoms with Crippen molar-refractivity contribution in [3.05, 3.63) is 36.0 Å². The molecule has 1 heterocycles. The number of hydrogen-bond donors (Lipinski definition) is 1. The van der Waals surface area contributed by atoms with Crippen molar-refractivity contribution in [2.75, 3.05) is 25.5 Å². The summed E-state index contributed by atoms with van der Waals surface area (Å²) in [4.78, 5) is 18.0. The number of carbonyl (C=O) groups is 1. The van der Waals surface area contributed by atoms with E-state index < -0.39 is 0 Å². The number of likely N-dealkylation sites (N-methyl/N-ethyl adjacent to an activating group) is 1. The number of benzene rings is 1. The number of anilines is 1. The lowest BCUT2D eigenvalue weighted by molar-refractivity contribution is -0.127. The van der Waals surface area contributed by atoms with Crippen molar-refractivity contribution in [2.45, 2.75) is 13.8 Å². The number of para-hydroxylation sites is 1. The summed E-state index contributed by atoms with van der Waals surface area (Å²) in [6, 6.07) is 9.91. The molecule has 0 fully saturated rings. The highest BCUT2D eigenvalue weighted by Crippen LogP contribution is 2.22. The Morgan fingerprint density at radius 3 is 2.84 bits per heavy atom. The minimum Gasteiger partial charge on any atom is -0.376 e. The van der Waals surface area contributed by atoms with Crippen LogP contribution in [0.2, 0.25) is 0 Å². The number of aromatic nitrogens is 1. The number of fused-ring (bicyclic) bond motifs is 1. The molecule has 1 aromatic heterocycles. The van der Waals surface area contributed by atoms with Crippen molar-refractivity contribution in [1.29, 1.82) is 0 Å². The van der Waals surface area contributed by atoms with Gasteiger partial charge in [-0.25, -0.2) is 0 Å². The number of rotatable bonds is 4. The molecule has 2 rings (SSSR count). The van der Waals surface area contributed by atoms with Crippen LogP contribution in [-0.2, 0) is 4.79 Å². The average Bonchev–Trinajstić information content (AvgIpc) is 2.43. The fourth-order valence-electron chi connectivity index (χ4n) is 1.94. The summed E-state index contributed by atoms with van der Waals surface area (Å²) in [6.07, 6.45) is 0. The largest absolute Gasteiger partial charge is 0.376 e. The molecule has 19 heavy (non-hydrogen) atoms. The Hall–Kier alpha value is -2.10. The van der Waals surface area contributed by atoms with Gasteiger partial charge in [-0.1, -0.05) is 18.2 Å². The lowest BCUT2D eigenvalue weighted by Gasteiger charge is -2.16. The Bertz CT molecular complexity index is 595. The second kappa shape index (κ2) is 5.69. The summed E-state index contributed by atoms with van der Waals surface area (Å²) in [7, 11) is 1.81. The summed E-state index contributed by atoms with van der Waals surface area (Å²) >= 11 is 0. The van der Waals surface area contributed by atoms with E-state index in [1.54, 1.807) is 11.9 Å². The van der Waals surface area contributed by atoms with E-state index in [4.69, 9.17) is 0 Å². The minimum atomic E-state index is 0.0843. The van der Waals surface area contributed by atoms with E-state index in [9.17, 15) is 4.79 Å². The average molecular weight is 257 g/mol. The van der Waals surface area contributed by atoms with Crippen molar-refractivity contribution in [1.82, 2.24) is 9.88 Å². The van der Waals surface area contributed by atoms with Gasteiger partial charge in [-0.2, -0.15) is 0 Å². The highest BCUT2D eigenvalue weighted by atomic mass is 16.2. The van der Waals surface area contributed by atoms with Gasteiger partial charge in [0.25, 0.3) is 0 Å². The summed E-state index contributed by atoms with van der Waals surface area (Å²) in [6.45, 7) is 4.94. The van der Waals surface area contributed by atoms with Crippen LogP contribution in [0.5, 0.6) is 0 Å². The van der Waals surface area contributed by atoms with Crippen molar-refractivity contribution in [3.63, 3.8) is 0 Å². The molecule has 0 saturated heterocycles. The van der Waals surface area contributed by atoms with Gasteiger partial charge in [0.05, 0.1) is 12.1 Å². The number of hydrogen-bond acceptors (Lipinski definition) is 3. The maximum atomic E-state index is 11.8. The maximum Gasteiger partial charge on any atom is 0.241 e. The van der Waals surface area contributed by atoms with E-state index in [-0.39, 0.29) is 5.91 Å². The maximum absolute atomic E-state index is 11.8. The normalized spacial score (nSPS) is 10.5. The molecule has 4 nitrogen and oxygen atoms in total. The van der Waals surface area contributed by atoms with Crippen LogP contribution < -0.4 is 5.32 Å². The summed E-state index contributed by atoms with van der Waals surface area (Å²) < 4.78 is 0. The third-order valence-electron chi connectivity index (χ3n) is 3.17. The molecule has 4 heteroatoms. The van der Waals surface area contributed by atoms with Crippen LogP contribution >= 0.6 is 0 Å². The molecule has 0 bridgehead atoms. The molecule has 0 aliphatic rings. The first-order chi connectivity index (χ1) is 9.11. The first-order valence-electron chi connectivity index (χ1n) is 6.46. The second-order valence-corrected chi connectivity index (χ2v) is 4.59. The van der Waals surface area contributed by atoms with Gasteiger partial charge in [0.15, 0.2) is 0 Å². The molecule has 0 saturated carbocycles. The molecule has 1 N–H and O–H groups in total. The first-order valence-corrected chi connectivity index (χ1v) is 6.46. The molecule has 0 aliphatic heterocycles. The Morgan fingerprint density at radius 1 is 1.37 bits per heavy atom. The van der Waals surface area contributed by atoms with Gasteiger partial charge in [-0.3, -0.25) is 9.78 Å². The van der Waals surface area contributed by atoms with Crippen LogP contribution in [0, 0.1) is 6.92 Å². The van der Waals surface area contributed by atoms with Gasteiger partial charge in [-0.15, -0.1) is 0 Å². The lowest BCUT2D eigenvalue weighted by atomic mass is 10.1. The summed E-state index contributed by atoms with van der Waals surface area (Å²) in [5, 5.41) is 4.25. The highest BCUT2D eigenvalue weighted by molar-refractivity contribution is 5.93. The van der Waals surface area contributed by atoms with E-state index in [2.05, 4.69) is 10.3 Å². The Morgan fingerprint density at radius 2 is 2.11 bits per heavy atom. The molecule has 0 aliphatic carbocycles. The van der Waals surface area contributed by atoms with Gasteiger partial charge in [0.2, 0.25) is 5.91 Å². The third-order valence-corrected chi connectivity index (χ3v) is 3.17. The zero-order valence-corrected chi connectivity index (χ0v) is 11.6. The first kappa shape index (κ1) is 13.3. The summed E-state index contributed by atoms with van der Waals surface area (Å²) in [5.74, 6) is 0.0843. The van der Waals surface area contributed by atoms with Crippen molar-refractivity contribution in [2.24, 2.45) is 0 Å². The quantitative estimate of drug-likeness (QED) is 0.915. The molecule has 0 radical (unpaired) electrons. The molecule has 0 atom stereocenters. The van der Waals surface area contributed by atoms with E-state index in [1.165, 1.54) is 0 Å². The molecule has 2 aromatic rings. The Kier molecular flexibility index (Phi) is 4.00. The monoisotopic (exact) mass is 257 g/mol. The molecule has 0 spiro atoms. The van der Waals surface area contributed by atoms with Gasteiger partial charge in [0, 0.05) is 30.4 Å². The fourth-order valence-corrected chi connectivity index (χ4v) is 1.94. The van der Waals surface area contributed by atoms with E-state index in [0.29, 0.717) is 6.54 Å². The number of pyridine rings is 1. The molecule has 100 valence electrons. The predicted molar refractivity (Wildman–Crippen MR) is 78.3 cm³/mol. The van der Waals surface area contributed by atoms with E-state index >= 15 is 0 Å². The van der Waals surface area contributed by atoms with Crippen LogP contribution in [0.25, 0.3) is 10.9 Å². The summed E-state index contributed by atoms with van der Waals surface area (Å²) in [5.41, 5.74) is 2.85. The SMILES string of the molecule is CCN(C)C(=O)CNc1cc(C)nc2ccccc12. The van der Waals surface area contributed by atoms with Crippen LogP contribution in [0.4, 0.5) is 5.69 Å². The lowest BCUT2D eigenvalue weighted by Crippen LogP contribution is -2.31. The van der Waals surface area contributed by atoms with Crippen molar-refractivity contribution in [3.8, 4) is 0 Å². The van der Waals surface area contributed by atoms with Gasteiger partial charge in [-0.05, 0) is 26.0 Å². The van der Waals surface area contributed by atoms with Gasteiger partial charge >= 0.3 is 0 Å². The Balaban J connectivity index is 2.23. The zero-order chi connectivity index (χ0) is 13.8. The second-order valence-electron chi connectivity index (χ2n) is 4.59. The molecule has 0 unspecified atom stereocenters. The van der Waals surface area contributed by atoms with Gasteiger partial charge < -0.3 is 10.2 Å². The number of nitrogens with one attached hydrogen (secondary N) is 1. The van der Waals surface area contributed by atoms with Crippen LogP contribution in [0.3, 0.4) is 0 Å². The predicted octanol–water partition coefficient (Wildman–Crippen LogP) is 2.43. The standard InChI is InChI=1S/C15H19N3O/c1-4-18(3)15(19)10-16-14-9-11(2)17-13-8-6-5-7-12(13)14/h5-9H,4,10H2,1-3H3,(H,16,17). The third kappa shape index (κ3) is 3.02. The van der Waals surface area contributed by atoms with E-state index in [0.717, 1.165) is 28.8 Å². The smallest absolute Gasteiger partial charge is 0.241 e. The molecule has 1 amide bonds. The van der Waals surface area contributed by atoms with Crippen molar-refractivity contribution < 1.29 is 4.79 Å². The number of aryl methyl sites for hydroxylation is 1. The topological polar surface area (TPSA) is 45.2 Å². The number of carbonyl (C=O) groups excluding carboxylic acids is 1. The number of amides is 1. The van der Waals surface area contributed by atoms with Crippen LogP contribution in [0.15, 0.2) is 30.3 Å². The highest BCUT2D eigenvalue weighted by Gasteiger charge is 2.08.